The van der Waals surface area contributed by atoms with E-state index in [1.807, 2.05) is 28.9 Å². The van der Waals surface area contributed by atoms with Gasteiger partial charge in [0.2, 0.25) is 0 Å². The fourth-order valence-corrected chi connectivity index (χ4v) is 2.66. The molecule has 0 atom stereocenters. The van der Waals surface area contributed by atoms with Crippen LogP contribution in [0, 0.1) is 0 Å². The molecule has 0 amide bonds. The molecule has 2 N–H and O–H groups in total. The number of benzene rings is 2. The van der Waals surface area contributed by atoms with E-state index in [2.05, 4.69) is 35.4 Å². The first-order valence-corrected chi connectivity index (χ1v) is 7.55. The molecule has 0 aliphatic carbocycles. The Bertz CT molecular complexity index is 761. The summed E-state index contributed by atoms with van der Waals surface area (Å²) < 4.78 is 7.83. The number of nitrogens with two attached hydrogens (primary N) is 1. The summed E-state index contributed by atoms with van der Waals surface area (Å²) in [5, 5.41) is 10.6. The minimum Gasteiger partial charge on any atom is -0.491 e. The fraction of sp³-hybridized carbons (Fsp3) is 0.294. The van der Waals surface area contributed by atoms with Crippen molar-refractivity contribution in [2.24, 2.45) is 5.73 Å². The minimum absolute atomic E-state index is 0.424. The number of fused-ring (bicyclic) bond motifs is 1. The van der Waals surface area contributed by atoms with Crippen LogP contribution in [0.1, 0.15) is 18.3 Å². The largest absolute Gasteiger partial charge is 0.491 e. The van der Waals surface area contributed by atoms with Crippen molar-refractivity contribution in [1.29, 1.82) is 0 Å². The standard InChI is InChI=1S/C17H20N4O/c1-2-16-15(12-18)19-20-21(16)10-11-22-17-9-5-7-13-6-3-4-8-14(13)17/h3-9H,2,10-12,18H2,1H3. The highest BCUT2D eigenvalue weighted by atomic mass is 16.5. The molecule has 1 heterocycles. The Morgan fingerprint density at radius 1 is 1.14 bits per heavy atom. The summed E-state index contributed by atoms with van der Waals surface area (Å²) in [4.78, 5) is 0. The number of hydrogen-bond donors (Lipinski definition) is 1. The number of aromatic nitrogens is 3. The maximum Gasteiger partial charge on any atom is 0.127 e. The second-order valence-electron chi connectivity index (χ2n) is 5.09. The van der Waals surface area contributed by atoms with Crippen molar-refractivity contribution in [3.8, 4) is 5.75 Å². The number of ether oxygens (including phenoxy) is 1. The molecule has 5 nitrogen and oxygen atoms in total. The van der Waals surface area contributed by atoms with Gasteiger partial charge in [-0.05, 0) is 17.9 Å². The second-order valence-corrected chi connectivity index (χ2v) is 5.09. The van der Waals surface area contributed by atoms with Crippen molar-refractivity contribution in [2.75, 3.05) is 6.61 Å². The van der Waals surface area contributed by atoms with E-state index in [1.165, 1.54) is 5.39 Å². The van der Waals surface area contributed by atoms with Crippen LogP contribution in [0.3, 0.4) is 0 Å². The van der Waals surface area contributed by atoms with Crippen LogP contribution in [0.5, 0.6) is 5.75 Å². The van der Waals surface area contributed by atoms with E-state index in [4.69, 9.17) is 10.5 Å². The summed E-state index contributed by atoms with van der Waals surface area (Å²) in [5.41, 5.74) is 7.63. The average molecular weight is 296 g/mol. The molecule has 0 saturated heterocycles. The van der Waals surface area contributed by atoms with Crippen LogP contribution in [-0.2, 0) is 19.5 Å². The van der Waals surface area contributed by atoms with Crippen molar-refractivity contribution < 1.29 is 4.74 Å². The zero-order chi connectivity index (χ0) is 15.4. The van der Waals surface area contributed by atoms with Crippen molar-refractivity contribution >= 4 is 10.8 Å². The van der Waals surface area contributed by atoms with E-state index in [0.29, 0.717) is 19.7 Å². The SMILES string of the molecule is CCc1c(CN)nnn1CCOc1cccc2ccccc12. The molecule has 0 radical (unpaired) electrons. The normalized spacial score (nSPS) is 11.0. The Morgan fingerprint density at radius 3 is 2.77 bits per heavy atom. The summed E-state index contributed by atoms with van der Waals surface area (Å²) >= 11 is 0. The summed E-state index contributed by atoms with van der Waals surface area (Å²) in [7, 11) is 0. The molecular formula is C17H20N4O. The fourth-order valence-electron chi connectivity index (χ4n) is 2.66. The van der Waals surface area contributed by atoms with Gasteiger partial charge in [-0.15, -0.1) is 5.10 Å². The number of rotatable bonds is 6. The van der Waals surface area contributed by atoms with Crippen molar-refractivity contribution in [2.45, 2.75) is 26.4 Å². The summed E-state index contributed by atoms with van der Waals surface area (Å²) in [6, 6.07) is 14.3. The monoisotopic (exact) mass is 296 g/mol. The second kappa shape index (κ2) is 6.58. The van der Waals surface area contributed by atoms with Gasteiger partial charge in [-0.1, -0.05) is 48.5 Å². The molecule has 0 aliphatic heterocycles. The zero-order valence-electron chi connectivity index (χ0n) is 12.7. The third-order valence-electron chi connectivity index (χ3n) is 3.76. The van der Waals surface area contributed by atoms with Gasteiger partial charge in [-0.25, -0.2) is 4.68 Å². The van der Waals surface area contributed by atoms with Crippen LogP contribution in [0.2, 0.25) is 0 Å². The van der Waals surface area contributed by atoms with E-state index in [9.17, 15) is 0 Å². The predicted octanol–water partition coefficient (Wildman–Crippen LogP) is 2.53. The predicted molar refractivity (Wildman–Crippen MR) is 86.7 cm³/mol. The molecule has 3 rings (SSSR count). The molecule has 1 aromatic heterocycles. The van der Waals surface area contributed by atoms with Crippen molar-refractivity contribution in [1.82, 2.24) is 15.0 Å². The van der Waals surface area contributed by atoms with Gasteiger partial charge >= 0.3 is 0 Å². The Hall–Kier alpha value is -2.40. The first-order chi connectivity index (χ1) is 10.8. The topological polar surface area (TPSA) is 66.0 Å². The van der Waals surface area contributed by atoms with Crippen molar-refractivity contribution in [3.05, 3.63) is 53.9 Å². The summed E-state index contributed by atoms with van der Waals surface area (Å²) in [5.74, 6) is 0.898. The van der Waals surface area contributed by atoms with E-state index in [1.54, 1.807) is 0 Å². The number of hydrogen-bond acceptors (Lipinski definition) is 4. The van der Waals surface area contributed by atoms with Gasteiger partial charge in [-0.3, -0.25) is 0 Å². The molecule has 2 aromatic carbocycles. The lowest BCUT2D eigenvalue weighted by Crippen LogP contribution is -2.13. The smallest absolute Gasteiger partial charge is 0.127 e. The molecule has 22 heavy (non-hydrogen) atoms. The number of nitrogens with zero attached hydrogens (tertiary/aromatic N) is 3. The first kappa shape index (κ1) is 14.5. The average Bonchev–Trinajstić information content (AvgIpc) is 2.97. The molecule has 114 valence electrons. The Kier molecular flexibility index (Phi) is 4.34. The Balaban J connectivity index is 1.71. The molecule has 0 aliphatic rings. The maximum absolute atomic E-state index is 5.95. The van der Waals surface area contributed by atoms with Crippen molar-refractivity contribution in [3.63, 3.8) is 0 Å². The highest BCUT2D eigenvalue weighted by Crippen LogP contribution is 2.25. The maximum atomic E-state index is 5.95. The lowest BCUT2D eigenvalue weighted by molar-refractivity contribution is 0.290. The van der Waals surface area contributed by atoms with Gasteiger partial charge < -0.3 is 10.5 Å². The molecule has 0 saturated carbocycles. The van der Waals surface area contributed by atoms with Gasteiger partial charge in [-0.2, -0.15) is 0 Å². The lowest BCUT2D eigenvalue weighted by atomic mass is 10.1. The minimum atomic E-state index is 0.424. The van der Waals surface area contributed by atoms with Crippen LogP contribution in [0.4, 0.5) is 0 Å². The van der Waals surface area contributed by atoms with Gasteiger partial charge in [0.05, 0.1) is 17.9 Å². The lowest BCUT2D eigenvalue weighted by Gasteiger charge is -2.10. The highest BCUT2D eigenvalue weighted by molar-refractivity contribution is 5.88. The Labute approximate surface area is 129 Å². The van der Waals surface area contributed by atoms with Crippen LogP contribution in [0.15, 0.2) is 42.5 Å². The third kappa shape index (κ3) is 2.80. The molecule has 0 unspecified atom stereocenters. The van der Waals surface area contributed by atoms with E-state index in [-0.39, 0.29) is 0 Å². The molecular weight excluding hydrogens is 276 g/mol. The zero-order valence-corrected chi connectivity index (χ0v) is 12.7. The quantitative estimate of drug-likeness (QED) is 0.759. The van der Waals surface area contributed by atoms with Crippen LogP contribution >= 0.6 is 0 Å². The van der Waals surface area contributed by atoms with Crippen LogP contribution in [-0.4, -0.2) is 21.6 Å². The van der Waals surface area contributed by atoms with Crippen LogP contribution < -0.4 is 10.5 Å². The molecule has 0 fully saturated rings. The highest BCUT2D eigenvalue weighted by Gasteiger charge is 2.09. The Morgan fingerprint density at radius 2 is 1.95 bits per heavy atom. The molecule has 0 spiro atoms. The molecule has 3 aromatic rings. The summed E-state index contributed by atoms with van der Waals surface area (Å²) in [6.45, 7) is 3.72. The summed E-state index contributed by atoms with van der Waals surface area (Å²) in [6.07, 6.45) is 0.869. The molecule has 0 bridgehead atoms. The third-order valence-corrected chi connectivity index (χ3v) is 3.76. The van der Waals surface area contributed by atoms with Gasteiger partial charge in [0, 0.05) is 11.9 Å². The van der Waals surface area contributed by atoms with Gasteiger partial charge in [0.15, 0.2) is 0 Å². The van der Waals surface area contributed by atoms with E-state index < -0.39 is 0 Å². The molecule has 5 heteroatoms. The first-order valence-electron chi connectivity index (χ1n) is 7.55. The van der Waals surface area contributed by atoms with E-state index >= 15 is 0 Å². The van der Waals surface area contributed by atoms with Gasteiger partial charge in [0.25, 0.3) is 0 Å². The van der Waals surface area contributed by atoms with Gasteiger partial charge in [0.1, 0.15) is 12.4 Å². The van der Waals surface area contributed by atoms with Crippen LogP contribution in [0.25, 0.3) is 10.8 Å². The van der Waals surface area contributed by atoms with E-state index in [0.717, 1.165) is 28.9 Å².